The Morgan fingerprint density at radius 2 is 1.72 bits per heavy atom. The van der Waals surface area contributed by atoms with Gasteiger partial charge in [-0.15, -0.1) is 17.0 Å². The summed E-state index contributed by atoms with van der Waals surface area (Å²) in [6.45, 7) is 7.74. The van der Waals surface area contributed by atoms with Crippen LogP contribution in [-0.2, 0) is 21.6 Å². The minimum atomic E-state index is -0.923. The monoisotopic (exact) mass is 752 g/mol. The van der Waals surface area contributed by atoms with Gasteiger partial charge in [0.2, 0.25) is 6.41 Å². The zero-order valence-electron chi connectivity index (χ0n) is 29.2. The molecule has 1 aliphatic carbocycles. The van der Waals surface area contributed by atoms with Crippen LogP contribution in [0.3, 0.4) is 0 Å². The number of phenolic OH excluding ortho intramolecular Hbond substituents is 1. The molecule has 5 N–H and O–H groups in total. The highest BCUT2D eigenvalue weighted by atomic mass is 79.9. The van der Waals surface area contributed by atoms with Crippen molar-refractivity contribution in [3.05, 3.63) is 89.5 Å². The standard InChI is InChI=1S/C40H53N3O6.BrH/c1-29(41-25-38(46)32-13-16-37(45)36(24-32)42-28-44)23-30-11-14-35(15-12-30)48-22-21-43-19-17-31(18-20-43)39(26-43)49-27-40(47,34-9-5-6-10-34)33-7-3-2-4-8-33;/h2-4,7-8,11-16,24,28-29,31,34,38-39,41,46-47H,5-6,9-10,17-23,25-27H2,1H3,(H-,42,44,45);1H/p+1/t29?,31?,38-,39-,40+,43?;/m0./s1. The predicted molar refractivity (Wildman–Crippen MR) is 201 cm³/mol. The van der Waals surface area contributed by atoms with Crippen LogP contribution < -0.4 is 15.4 Å². The number of halogens is 1. The van der Waals surface area contributed by atoms with Gasteiger partial charge in [0.25, 0.3) is 0 Å². The smallest absolute Gasteiger partial charge is 0.211 e. The fourth-order valence-electron chi connectivity index (χ4n) is 8.40. The summed E-state index contributed by atoms with van der Waals surface area (Å²) in [5.41, 5.74) is 2.13. The van der Waals surface area contributed by atoms with E-state index in [2.05, 4.69) is 41.8 Å². The molecule has 4 atom stereocenters. The van der Waals surface area contributed by atoms with Gasteiger partial charge in [-0.25, -0.2) is 0 Å². The molecule has 272 valence electrons. The number of carbonyl (C=O) groups is 1. The van der Waals surface area contributed by atoms with Gasteiger partial charge in [-0.05, 0) is 73.1 Å². The zero-order valence-corrected chi connectivity index (χ0v) is 30.9. The normalized spacial score (nSPS) is 24.1. The van der Waals surface area contributed by atoms with Crippen molar-refractivity contribution in [2.75, 3.05) is 51.3 Å². The molecule has 9 nitrogen and oxygen atoms in total. The highest BCUT2D eigenvalue weighted by Crippen LogP contribution is 2.42. The van der Waals surface area contributed by atoms with Gasteiger partial charge in [0, 0.05) is 31.3 Å². The Labute approximate surface area is 307 Å². The van der Waals surface area contributed by atoms with Gasteiger partial charge in [-0.2, -0.15) is 0 Å². The Balaban J connectivity index is 0.00000486. The van der Waals surface area contributed by atoms with E-state index in [0.717, 1.165) is 48.1 Å². The number of quaternary nitrogens is 1. The van der Waals surface area contributed by atoms with Gasteiger partial charge in [-0.1, -0.05) is 61.4 Å². The number of phenols is 1. The Morgan fingerprint density at radius 1 is 1.00 bits per heavy atom. The molecule has 0 aromatic heterocycles. The average Bonchev–Trinajstić information content (AvgIpc) is 3.68. The maximum atomic E-state index is 12.0. The van der Waals surface area contributed by atoms with Gasteiger partial charge in [0.1, 0.15) is 42.9 Å². The minimum absolute atomic E-state index is 0. The van der Waals surface area contributed by atoms with Crippen LogP contribution in [0.5, 0.6) is 11.5 Å². The SMILES string of the molecule is Br.CC(Cc1ccc(OCC[N+]23CCC(CC2)[C@@H](OC[C@@](O)(c2ccccc2)C2CCCC2)C3)cc1)NC[C@H](O)c1ccc(O)c(NC=O)c1. The first-order valence-corrected chi connectivity index (χ1v) is 18.2. The van der Waals surface area contributed by atoms with Crippen molar-refractivity contribution in [2.45, 2.75) is 75.7 Å². The summed E-state index contributed by atoms with van der Waals surface area (Å²) in [5.74, 6) is 1.65. The third-order valence-electron chi connectivity index (χ3n) is 11.4. The number of anilines is 1. The lowest BCUT2D eigenvalue weighted by atomic mass is 9.80. The summed E-state index contributed by atoms with van der Waals surface area (Å²) >= 11 is 0. The van der Waals surface area contributed by atoms with E-state index in [1.54, 1.807) is 12.1 Å². The molecule has 1 unspecified atom stereocenters. The van der Waals surface area contributed by atoms with Gasteiger partial charge >= 0.3 is 0 Å². The van der Waals surface area contributed by atoms with Gasteiger partial charge in [-0.3, -0.25) is 4.79 Å². The van der Waals surface area contributed by atoms with Crippen LogP contribution in [0.4, 0.5) is 5.69 Å². The number of amides is 1. The number of fused-ring (bicyclic) bond motifs is 3. The molecule has 4 aliphatic rings. The first-order valence-electron chi connectivity index (χ1n) is 18.2. The third kappa shape index (κ3) is 9.26. The molecule has 0 radical (unpaired) electrons. The maximum absolute atomic E-state index is 12.0. The Kier molecular flexibility index (Phi) is 13.4. The molecular formula is C40H55BrN3O6+. The van der Waals surface area contributed by atoms with Crippen molar-refractivity contribution in [3.8, 4) is 11.5 Å². The molecule has 3 aromatic carbocycles. The van der Waals surface area contributed by atoms with Crippen molar-refractivity contribution >= 4 is 29.1 Å². The number of benzene rings is 3. The molecule has 3 aromatic rings. The molecule has 2 bridgehead atoms. The van der Waals surface area contributed by atoms with Crippen molar-refractivity contribution in [1.29, 1.82) is 0 Å². The van der Waals surface area contributed by atoms with Crippen molar-refractivity contribution in [3.63, 3.8) is 0 Å². The molecule has 0 spiro atoms. The second-order valence-electron chi connectivity index (χ2n) is 14.7. The number of aromatic hydroxyl groups is 1. The number of hydrogen-bond donors (Lipinski definition) is 5. The largest absolute Gasteiger partial charge is 0.506 e. The van der Waals surface area contributed by atoms with E-state index in [-0.39, 0.29) is 46.5 Å². The molecule has 1 saturated carbocycles. The van der Waals surface area contributed by atoms with Gasteiger partial charge in [0.05, 0.1) is 31.5 Å². The van der Waals surface area contributed by atoms with Gasteiger partial charge < -0.3 is 39.9 Å². The summed E-state index contributed by atoms with van der Waals surface area (Å²) in [6.07, 6.45) is 7.52. The molecule has 10 heteroatoms. The number of ether oxygens (including phenoxy) is 2. The molecule has 7 rings (SSSR count). The molecule has 3 saturated heterocycles. The molecule has 50 heavy (non-hydrogen) atoms. The van der Waals surface area contributed by atoms with E-state index < -0.39 is 11.7 Å². The van der Waals surface area contributed by atoms with E-state index in [4.69, 9.17) is 9.47 Å². The summed E-state index contributed by atoms with van der Waals surface area (Å²) in [4.78, 5) is 10.8. The predicted octanol–water partition coefficient (Wildman–Crippen LogP) is 5.88. The summed E-state index contributed by atoms with van der Waals surface area (Å²) < 4.78 is 14.0. The van der Waals surface area contributed by atoms with Crippen LogP contribution in [-0.4, -0.2) is 84.3 Å². The number of rotatable bonds is 17. The van der Waals surface area contributed by atoms with Crippen molar-refractivity contribution in [2.24, 2.45) is 11.8 Å². The number of aliphatic hydroxyl groups is 2. The number of nitrogens with zero attached hydrogens (tertiary/aromatic N) is 1. The zero-order chi connectivity index (χ0) is 34.3. The van der Waals surface area contributed by atoms with E-state index >= 15 is 0 Å². The Morgan fingerprint density at radius 3 is 2.42 bits per heavy atom. The highest BCUT2D eigenvalue weighted by Gasteiger charge is 2.48. The van der Waals surface area contributed by atoms with Crippen LogP contribution in [0, 0.1) is 11.8 Å². The lowest BCUT2D eigenvalue weighted by Gasteiger charge is -2.52. The van der Waals surface area contributed by atoms with Crippen LogP contribution in [0.2, 0.25) is 0 Å². The summed E-state index contributed by atoms with van der Waals surface area (Å²) in [5, 5.41) is 38.3. The van der Waals surface area contributed by atoms with Crippen LogP contribution in [0.1, 0.15) is 68.2 Å². The van der Waals surface area contributed by atoms with E-state index in [0.29, 0.717) is 37.6 Å². The Bertz CT molecular complexity index is 1500. The molecule has 4 fully saturated rings. The Hall–Kier alpha value is -2.99. The number of aliphatic hydroxyl groups excluding tert-OH is 1. The van der Waals surface area contributed by atoms with Crippen molar-refractivity contribution < 1.29 is 34.1 Å². The highest BCUT2D eigenvalue weighted by molar-refractivity contribution is 8.93. The van der Waals surface area contributed by atoms with Crippen LogP contribution in [0.25, 0.3) is 0 Å². The number of piperidine rings is 3. The third-order valence-corrected chi connectivity index (χ3v) is 11.4. The van der Waals surface area contributed by atoms with E-state index in [1.807, 2.05) is 30.3 Å². The maximum Gasteiger partial charge on any atom is 0.211 e. The first kappa shape index (κ1) is 38.2. The van der Waals surface area contributed by atoms with Crippen LogP contribution >= 0.6 is 17.0 Å². The van der Waals surface area contributed by atoms with Crippen molar-refractivity contribution in [1.82, 2.24) is 5.32 Å². The van der Waals surface area contributed by atoms with E-state index in [9.17, 15) is 20.1 Å². The second-order valence-corrected chi connectivity index (χ2v) is 14.7. The number of nitrogens with one attached hydrogen (secondary N) is 2. The fraction of sp³-hybridized carbons (Fsp3) is 0.525. The molecular weight excluding hydrogens is 698 g/mol. The van der Waals surface area contributed by atoms with E-state index in [1.165, 1.54) is 50.4 Å². The number of hydrogen-bond acceptors (Lipinski definition) is 7. The lowest BCUT2D eigenvalue weighted by molar-refractivity contribution is -0.946. The lowest BCUT2D eigenvalue weighted by Crippen LogP contribution is -2.65. The average molecular weight is 754 g/mol. The fourth-order valence-corrected chi connectivity index (χ4v) is 8.40. The summed E-state index contributed by atoms with van der Waals surface area (Å²) in [6, 6.07) is 23.3. The topological polar surface area (TPSA) is 120 Å². The molecule has 3 aliphatic heterocycles. The molecule has 3 heterocycles. The molecule has 1 amide bonds. The number of carbonyl (C=O) groups excluding carboxylic acids is 1. The van der Waals surface area contributed by atoms with Crippen LogP contribution in [0.15, 0.2) is 72.8 Å². The summed E-state index contributed by atoms with van der Waals surface area (Å²) in [7, 11) is 0. The quantitative estimate of drug-likeness (QED) is 0.0665. The minimum Gasteiger partial charge on any atom is -0.506 e. The second kappa shape index (κ2) is 17.5. The first-order chi connectivity index (χ1) is 23.8. The van der Waals surface area contributed by atoms with Gasteiger partial charge in [0.15, 0.2) is 0 Å².